The minimum Gasteiger partial charge on any atom is -0.444 e. The van der Waals surface area contributed by atoms with E-state index in [1.54, 1.807) is 45.0 Å². The molecule has 2 aromatic carbocycles. The van der Waals surface area contributed by atoms with Gasteiger partial charge in [-0.3, -0.25) is 14.5 Å². The number of carbonyl (C=O) groups is 3. The van der Waals surface area contributed by atoms with Gasteiger partial charge in [0, 0.05) is 48.2 Å². The molecule has 1 saturated heterocycles. The van der Waals surface area contributed by atoms with Crippen molar-refractivity contribution in [3.63, 3.8) is 0 Å². The van der Waals surface area contributed by atoms with Crippen LogP contribution in [0, 0.1) is 11.7 Å². The Balaban J connectivity index is 1.69. The molecule has 3 amide bonds. The summed E-state index contributed by atoms with van der Waals surface area (Å²) in [6.45, 7) is 5.49. The lowest BCUT2D eigenvalue weighted by Gasteiger charge is -2.38. The Kier molecular flexibility index (Phi) is 8.16. The molecule has 2 fully saturated rings. The summed E-state index contributed by atoms with van der Waals surface area (Å²) in [6.07, 6.45) is -1.32. The van der Waals surface area contributed by atoms with Gasteiger partial charge in [0.15, 0.2) is 0 Å². The summed E-state index contributed by atoms with van der Waals surface area (Å²) in [4.78, 5) is 43.0. The Morgan fingerprint density at radius 1 is 1.13 bits per heavy atom. The number of anilines is 1. The fourth-order valence-electron chi connectivity index (χ4n) is 4.82. The second-order valence-electron chi connectivity index (χ2n) is 11.0. The van der Waals surface area contributed by atoms with Gasteiger partial charge in [-0.2, -0.15) is 0 Å². The van der Waals surface area contributed by atoms with Gasteiger partial charge in [-0.15, -0.1) is 0 Å². The Bertz CT molecular complexity index is 1240. The SMILES string of the molecule is CC(C)(C)OC(=O)N1CC[C@H](C(=O)N(c2cccc(F)c2)C(C(=O)NC2CC(F)(F)C2)c2ccccc2Cl)C1. The number of rotatable bonds is 6. The zero-order chi connectivity index (χ0) is 28.5. The maximum Gasteiger partial charge on any atom is 0.410 e. The first-order chi connectivity index (χ1) is 18.2. The third-order valence-corrected chi connectivity index (χ3v) is 7.00. The van der Waals surface area contributed by atoms with E-state index in [2.05, 4.69) is 5.32 Å². The molecule has 0 spiro atoms. The van der Waals surface area contributed by atoms with Gasteiger partial charge in [-0.05, 0) is 51.5 Å². The van der Waals surface area contributed by atoms with Gasteiger partial charge in [0.05, 0.1) is 5.92 Å². The van der Waals surface area contributed by atoms with E-state index in [1.165, 1.54) is 23.1 Å². The fraction of sp³-hybridized carbons (Fsp3) is 0.464. The van der Waals surface area contributed by atoms with Crippen molar-refractivity contribution in [2.24, 2.45) is 5.92 Å². The van der Waals surface area contributed by atoms with Crippen molar-refractivity contribution in [3.05, 3.63) is 64.9 Å². The number of halogens is 4. The minimum absolute atomic E-state index is 0.0330. The molecule has 7 nitrogen and oxygen atoms in total. The molecule has 1 heterocycles. The largest absolute Gasteiger partial charge is 0.444 e. The number of likely N-dealkylation sites (tertiary alicyclic amines) is 1. The highest BCUT2D eigenvalue weighted by Gasteiger charge is 2.48. The Labute approximate surface area is 230 Å². The van der Waals surface area contributed by atoms with Gasteiger partial charge in [0.1, 0.15) is 17.5 Å². The maximum atomic E-state index is 14.4. The smallest absolute Gasteiger partial charge is 0.410 e. The molecule has 2 atom stereocenters. The van der Waals surface area contributed by atoms with E-state index in [0.717, 1.165) is 11.0 Å². The predicted molar refractivity (Wildman–Crippen MR) is 140 cm³/mol. The van der Waals surface area contributed by atoms with Crippen LogP contribution in [0.3, 0.4) is 0 Å². The zero-order valence-corrected chi connectivity index (χ0v) is 22.7. The summed E-state index contributed by atoms with van der Waals surface area (Å²) in [6, 6.07) is 9.43. The van der Waals surface area contributed by atoms with Crippen molar-refractivity contribution in [3.8, 4) is 0 Å². The van der Waals surface area contributed by atoms with Crippen LogP contribution >= 0.6 is 11.6 Å². The molecule has 11 heteroatoms. The van der Waals surface area contributed by atoms with Crippen LogP contribution in [0.5, 0.6) is 0 Å². The van der Waals surface area contributed by atoms with Crippen molar-refractivity contribution in [1.29, 1.82) is 0 Å². The van der Waals surface area contributed by atoms with Crippen molar-refractivity contribution in [2.45, 2.75) is 63.6 Å². The van der Waals surface area contributed by atoms with E-state index in [-0.39, 0.29) is 35.8 Å². The van der Waals surface area contributed by atoms with Gasteiger partial charge < -0.3 is 15.0 Å². The van der Waals surface area contributed by atoms with Crippen molar-refractivity contribution >= 4 is 35.2 Å². The second kappa shape index (κ2) is 11.1. The van der Waals surface area contributed by atoms with Crippen molar-refractivity contribution < 1.29 is 32.3 Å². The first kappa shape index (κ1) is 28.7. The topological polar surface area (TPSA) is 79.0 Å². The number of alkyl halides is 2. The highest BCUT2D eigenvalue weighted by atomic mass is 35.5. The highest BCUT2D eigenvalue weighted by molar-refractivity contribution is 6.31. The maximum absolute atomic E-state index is 14.4. The molecular formula is C28H31ClF3N3O4. The van der Waals surface area contributed by atoms with Gasteiger partial charge in [-0.25, -0.2) is 18.0 Å². The standard InChI is InChI=1S/C28H31ClF3N3O4/c1-27(2,3)39-26(38)34-12-11-17(16-34)25(37)35(20-8-6-7-18(30)13-20)23(21-9-4-5-10-22(21)29)24(36)33-19-14-28(31,32)15-19/h4-10,13,17,19,23H,11-12,14-16H2,1-3H3,(H,33,36)/t17-,23?/m0/s1. The summed E-state index contributed by atoms with van der Waals surface area (Å²) in [5.74, 6) is -5.49. The normalized spacial score (nSPS) is 19.7. The number of hydrogen-bond acceptors (Lipinski definition) is 4. The van der Waals surface area contributed by atoms with Gasteiger partial charge >= 0.3 is 6.09 Å². The summed E-state index contributed by atoms with van der Waals surface area (Å²) in [5, 5.41) is 2.78. The highest BCUT2D eigenvalue weighted by Crippen LogP contribution is 2.39. The summed E-state index contributed by atoms with van der Waals surface area (Å²) in [5.41, 5.74) is -0.379. The first-order valence-electron chi connectivity index (χ1n) is 12.7. The van der Waals surface area contributed by atoms with Crippen LogP contribution in [0.25, 0.3) is 0 Å². The van der Waals surface area contributed by atoms with Crippen LogP contribution in [0.1, 0.15) is 51.6 Å². The number of carbonyl (C=O) groups excluding carboxylic acids is 3. The van der Waals surface area contributed by atoms with E-state index in [1.807, 2.05) is 0 Å². The van der Waals surface area contributed by atoms with E-state index >= 15 is 0 Å². The lowest BCUT2D eigenvalue weighted by Crippen LogP contribution is -2.54. The van der Waals surface area contributed by atoms with E-state index in [4.69, 9.17) is 16.3 Å². The molecule has 210 valence electrons. The van der Waals surface area contributed by atoms with Gasteiger partial charge in [-0.1, -0.05) is 35.9 Å². The van der Waals surface area contributed by atoms with Crippen molar-refractivity contribution in [2.75, 3.05) is 18.0 Å². The zero-order valence-electron chi connectivity index (χ0n) is 21.9. The molecule has 1 aliphatic carbocycles. The third-order valence-electron chi connectivity index (χ3n) is 6.66. The van der Waals surface area contributed by atoms with Gasteiger partial charge in [0.25, 0.3) is 5.92 Å². The molecule has 4 rings (SSSR count). The summed E-state index contributed by atoms with van der Waals surface area (Å²) < 4.78 is 46.8. The lowest BCUT2D eigenvalue weighted by molar-refractivity contribution is -0.133. The molecule has 2 aromatic rings. The molecule has 0 bridgehead atoms. The second-order valence-corrected chi connectivity index (χ2v) is 11.4. The Morgan fingerprint density at radius 3 is 2.44 bits per heavy atom. The van der Waals surface area contributed by atoms with Crippen LogP contribution < -0.4 is 10.2 Å². The molecule has 2 aliphatic rings. The summed E-state index contributed by atoms with van der Waals surface area (Å²) >= 11 is 6.46. The van der Waals surface area contributed by atoms with Crippen LogP contribution in [0.15, 0.2) is 48.5 Å². The van der Waals surface area contributed by atoms with Crippen molar-refractivity contribution in [1.82, 2.24) is 10.2 Å². The lowest BCUT2D eigenvalue weighted by atomic mass is 9.87. The monoisotopic (exact) mass is 565 g/mol. The van der Waals surface area contributed by atoms with E-state index in [0.29, 0.717) is 0 Å². The van der Waals surface area contributed by atoms with Crippen LogP contribution in [0.4, 0.5) is 23.7 Å². The number of benzene rings is 2. The Morgan fingerprint density at radius 2 is 1.82 bits per heavy atom. The molecule has 39 heavy (non-hydrogen) atoms. The predicted octanol–water partition coefficient (Wildman–Crippen LogP) is 5.72. The van der Waals surface area contributed by atoms with Crippen LogP contribution in [-0.2, 0) is 14.3 Å². The molecule has 0 radical (unpaired) electrons. The van der Waals surface area contributed by atoms with Gasteiger partial charge in [0.2, 0.25) is 11.8 Å². The average Bonchev–Trinajstić information content (AvgIpc) is 3.31. The number of amides is 3. The molecule has 1 aliphatic heterocycles. The molecule has 1 N–H and O–H groups in total. The van der Waals surface area contributed by atoms with Crippen LogP contribution in [0.2, 0.25) is 5.02 Å². The van der Waals surface area contributed by atoms with E-state index in [9.17, 15) is 27.6 Å². The quantitative estimate of drug-likeness (QED) is 0.486. The number of nitrogens with one attached hydrogen (secondary N) is 1. The number of hydrogen-bond donors (Lipinski definition) is 1. The molecule has 1 saturated carbocycles. The Hall–Kier alpha value is -3.27. The van der Waals surface area contributed by atoms with Crippen LogP contribution in [-0.4, -0.2) is 53.5 Å². The molecular weight excluding hydrogens is 535 g/mol. The third kappa shape index (κ3) is 6.84. The minimum atomic E-state index is -2.87. The first-order valence-corrected chi connectivity index (χ1v) is 13.1. The summed E-state index contributed by atoms with van der Waals surface area (Å²) in [7, 11) is 0. The number of nitrogens with zero attached hydrogens (tertiary/aromatic N) is 2. The number of ether oxygens (including phenoxy) is 1. The average molecular weight is 566 g/mol. The molecule has 0 aromatic heterocycles. The molecule has 1 unspecified atom stereocenters. The fourth-order valence-corrected chi connectivity index (χ4v) is 5.06. The van der Waals surface area contributed by atoms with E-state index < -0.39 is 66.1 Å².